The Balaban J connectivity index is 2.12. The predicted molar refractivity (Wildman–Crippen MR) is 76.3 cm³/mol. The number of hydrogen-bond donors (Lipinski definition) is 2. The highest BCUT2D eigenvalue weighted by Gasteiger charge is 2.34. The monoisotopic (exact) mass is 273 g/mol. The van der Waals surface area contributed by atoms with E-state index in [2.05, 4.69) is 45.8 Å². The van der Waals surface area contributed by atoms with Gasteiger partial charge in [0.1, 0.15) is 0 Å². The minimum absolute atomic E-state index is 0.0372. The van der Waals surface area contributed by atoms with Gasteiger partial charge in [-0.05, 0) is 5.41 Å². The molecule has 0 aromatic carbocycles. The Hall–Kier alpha value is -1.95. The molecule has 1 aliphatic rings. The van der Waals surface area contributed by atoms with Gasteiger partial charge in [-0.2, -0.15) is 0 Å². The summed E-state index contributed by atoms with van der Waals surface area (Å²) in [4.78, 5) is 14.9. The van der Waals surface area contributed by atoms with E-state index >= 15 is 0 Å². The smallest absolute Gasteiger partial charge is 0.192 e. The number of nitrogens with one attached hydrogen (secondary N) is 2. The summed E-state index contributed by atoms with van der Waals surface area (Å²) in [6, 6.07) is 1.65. The van der Waals surface area contributed by atoms with Crippen LogP contribution in [0.3, 0.4) is 0 Å². The molecule has 6 heteroatoms. The van der Waals surface area contributed by atoms with Crippen molar-refractivity contribution < 1.29 is 0 Å². The van der Waals surface area contributed by atoms with E-state index in [0.717, 1.165) is 18.9 Å². The first-order valence-corrected chi connectivity index (χ1v) is 6.82. The molecule has 0 aliphatic carbocycles. The minimum Gasteiger partial charge on any atom is -0.367 e. The first-order chi connectivity index (χ1) is 9.48. The van der Waals surface area contributed by atoms with Crippen LogP contribution in [0.5, 0.6) is 0 Å². The first kappa shape index (κ1) is 13.1. The summed E-state index contributed by atoms with van der Waals surface area (Å²) in [5.74, 6) is 1.56. The molecule has 1 aliphatic heterocycles. The summed E-state index contributed by atoms with van der Waals surface area (Å²) >= 11 is 0. The topological polar surface area (TPSA) is 75.6 Å². The number of aromatic nitrogens is 4. The van der Waals surface area contributed by atoms with Gasteiger partial charge < -0.3 is 14.9 Å². The number of hydrogen-bond acceptors (Lipinski definition) is 4. The number of nitrogens with zero attached hydrogens (tertiary/aromatic N) is 3. The van der Waals surface area contributed by atoms with Crippen LogP contribution in [0, 0.1) is 5.41 Å². The Morgan fingerprint density at radius 2 is 2.15 bits per heavy atom. The molecule has 1 atom stereocenters. The molecule has 0 radical (unpaired) electrons. The molecule has 2 aromatic rings. The van der Waals surface area contributed by atoms with Crippen LogP contribution >= 0.6 is 0 Å². The fraction of sp³-hybridized carbons (Fsp3) is 0.500. The Labute approximate surface area is 117 Å². The van der Waals surface area contributed by atoms with Crippen LogP contribution < -0.4 is 10.7 Å². The second-order valence-electron chi connectivity index (χ2n) is 6.21. The van der Waals surface area contributed by atoms with Crippen LogP contribution in [0.1, 0.15) is 32.6 Å². The van der Waals surface area contributed by atoms with Crippen molar-refractivity contribution in [2.75, 3.05) is 6.54 Å². The molecule has 6 nitrogen and oxygen atoms in total. The van der Waals surface area contributed by atoms with Crippen molar-refractivity contribution in [2.24, 2.45) is 5.41 Å². The van der Waals surface area contributed by atoms with Gasteiger partial charge in [0, 0.05) is 31.5 Å². The van der Waals surface area contributed by atoms with Crippen molar-refractivity contribution in [3.05, 3.63) is 34.5 Å². The zero-order chi connectivity index (χ0) is 14.3. The van der Waals surface area contributed by atoms with E-state index < -0.39 is 0 Å². The SMILES string of the molecule is CC(C)(C)C1NCCn2c(-c3c[nH]ccc3=O)nnc21. The zero-order valence-electron chi connectivity index (χ0n) is 12.0. The highest BCUT2D eigenvalue weighted by Crippen LogP contribution is 2.34. The third-order valence-corrected chi connectivity index (χ3v) is 3.65. The Kier molecular flexibility index (Phi) is 2.97. The van der Waals surface area contributed by atoms with Crippen molar-refractivity contribution in [3.63, 3.8) is 0 Å². The Morgan fingerprint density at radius 1 is 1.35 bits per heavy atom. The van der Waals surface area contributed by atoms with Gasteiger partial charge >= 0.3 is 0 Å². The van der Waals surface area contributed by atoms with Crippen molar-refractivity contribution in [3.8, 4) is 11.4 Å². The number of aromatic amines is 1. The third-order valence-electron chi connectivity index (χ3n) is 3.65. The standard InChI is InChI=1S/C14H19N5O/c1-14(2,3)11-13-18-17-12(19(13)7-6-16-11)9-8-15-5-4-10(9)20/h4-5,8,11,16H,6-7H2,1-3H3,(H,15,20). The van der Waals surface area contributed by atoms with Crippen LogP contribution in [-0.4, -0.2) is 26.3 Å². The lowest BCUT2D eigenvalue weighted by Crippen LogP contribution is -2.40. The van der Waals surface area contributed by atoms with E-state index in [1.54, 1.807) is 12.4 Å². The Morgan fingerprint density at radius 3 is 2.85 bits per heavy atom. The normalized spacial score (nSPS) is 18.9. The minimum atomic E-state index is -0.0372. The van der Waals surface area contributed by atoms with Gasteiger partial charge in [0.25, 0.3) is 0 Å². The largest absolute Gasteiger partial charge is 0.367 e. The maximum absolute atomic E-state index is 12.0. The number of rotatable bonds is 1. The summed E-state index contributed by atoms with van der Waals surface area (Å²) in [6.45, 7) is 8.14. The quantitative estimate of drug-likeness (QED) is 0.821. The lowest BCUT2D eigenvalue weighted by Gasteiger charge is -2.34. The zero-order valence-corrected chi connectivity index (χ0v) is 12.0. The highest BCUT2D eigenvalue weighted by molar-refractivity contribution is 5.53. The van der Waals surface area contributed by atoms with E-state index in [1.807, 2.05) is 0 Å². The molecule has 3 rings (SSSR count). The van der Waals surface area contributed by atoms with E-state index in [-0.39, 0.29) is 16.9 Å². The summed E-state index contributed by atoms with van der Waals surface area (Å²) in [7, 11) is 0. The van der Waals surface area contributed by atoms with Gasteiger partial charge in [-0.25, -0.2) is 0 Å². The van der Waals surface area contributed by atoms with E-state index in [9.17, 15) is 4.79 Å². The molecule has 0 bridgehead atoms. The average Bonchev–Trinajstić information content (AvgIpc) is 2.81. The maximum Gasteiger partial charge on any atom is 0.192 e. The van der Waals surface area contributed by atoms with Crippen molar-refractivity contribution >= 4 is 0 Å². The summed E-state index contributed by atoms with van der Waals surface area (Å²) < 4.78 is 2.05. The summed E-state index contributed by atoms with van der Waals surface area (Å²) in [5.41, 5.74) is 0.580. The number of fused-ring (bicyclic) bond motifs is 1. The highest BCUT2D eigenvalue weighted by atomic mass is 16.1. The fourth-order valence-corrected chi connectivity index (χ4v) is 2.64. The molecule has 0 amide bonds. The van der Waals surface area contributed by atoms with Gasteiger partial charge in [-0.1, -0.05) is 20.8 Å². The van der Waals surface area contributed by atoms with Crippen LogP contribution in [0.2, 0.25) is 0 Å². The average molecular weight is 273 g/mol. The van der Waals surface area contributed by atoms with Crippen molar-refractivity contribution in [1.29, 1.82) is 0 Å². The molecule has 0 spiro atoms. The van der Waals surface area contributed by atoms with Gasteiger partial charge in [0.15, 0.2) is 17.1 Å². The summed E-state index contributed by atoms with van der Waals surface area (Å²) in [6.07, 6.45) is 3.31. The predicted octanol–water partition coefficient (Wildman–Crippen LogP) is 1.32. The van der Waals surface area contributed by atoms with E-state index in [1.165, 1.54) is 6.07 Å². The lowest BCUT2D eigenvalue weighted by atomic mass is 9.85. The molecule has 2 N–H and O–H groups in total. The third kappa shape index (κ3) is 2.06. The van der Waals surface area contributed by atoms with Crippen LogP contribution in [0.25, 0.3) is 11.4 Å². The summed E-state index contributed by atoms with van der Waals surface area (Å²) in [5, 5.41) is 12.1. The molecule has 106 valence electrons. The van der Waals surface area contributed by atoms with Gasteiger partial charge in [0.05, 0.1) is 11.6 Å². The van der Waals surface area contributed by atoms with Crippen molar-refractivity contribution in [2.45, 2.75) is 33.4 Å². The molecule has 0 fully saturated rings. The molecule has 1 unspecified atom stereocenters. The van der Waals surface area contributed by atoms with Crippen LogP contribution in [0.4, 0.5) is 0 Å². The molecular weight excluding hydrogens is 254 g/mol. The van der Waals surface area contributed by atoms with Crippen molar-refractivity contribution in [1.82, 2.24) is 25.1 Å². The molecule has 2 aromatic heterocycles. The molecular formula is C14H19N5O. The number of pyridine rings is 1. The Bertz CT molecular complexity index is 679. The van der Waals surface area contributed by atoms with Crippen LogP contribution in [0.15, 0.2) is 23.3 Å². The molecule has 0 saturated heterocycles. The molecule has 3 heterocycles. The second-order valence-corrected chi connectivity index (χ2v) is 6.21. The second kappa shape index (κ2) is 4.56. The lowest BCUT2D eigenvalue weighted by molar-refractivity contribution is 0.234. The van der Waals surface area contributed by atoms with E-state index in [4.69, 9.17) is 0 Å². The molecule has 0 saturated carbocycles. The first-order valence-electron chi connectivity index (χ1n) is 6.82. The van der Waals surface area contributed by atoms with E-state index in [0.29, 0.717) is 11.4 Å². The fourth-order valence-electron chi connectivity index (χ4n) is 2.64. The van der Waals surface area contributed by atoms with Gasteiger partial charge in [0.2, 0.25) is 0 Å². The molecule has 20 heavy (non-hydrogen) atoms. The number of H-pyrrole nitrogens is 1. The van der Waals surface area contributed by atoms with Gasteiger partial charge in [-0.3, -0.25) is 4.79 Å². The maximum atomic E-state index is 12.0. The van der Waals surface area contributed by atoms with Crippen LogP contribution in [-0.2, 0) is 6.54 Å². The van der Waals surface area contributed by atoms with Gasteiger partial charge in [-0.15, -0.1) is 10.2 Å².